The molecule has 0 fully saturated rings. The third kappa shape index (κ3) is 3.15. The van der Waals surface area contributed by atoms with Crippen LogP contribution in [-0.2, 0) is 19.5 Å². The van der Waals surface area contributed by atoms with Crippen LogP contribution in [0.5, 0.6) is 0 Å². The van der Waals surface area contributed by atoms with Crippen LogP contribution in [0.25, 0.3) is 33.7 Å². The van der Waals surface area contributed by atoms with Gasteiger partial charge in [-0.05, 0) is 71.9 Å². The van der Waals surface area contributed by atoms with Crippen LogP contribution in [0.3, 0.4) is 0 Å². The molecule has 2 aromatic heterocycles. The van der Waals surface area contributed by atoms with E-state index in [4.69, 9.17) is 5.73 Å². The molecule has 0 amide bonds. The SMILES string of the molecule is C=C(C)c1c(-c2ccc[nH]c2=O)c2c3c(c(C)cc2n1Cc1ccc(CN)cc1)C=CC3. The number of aromatic nitrogens is 2. The third-order valence-electron chi connectivity index (χ3n) is 6.41. The monoisotopic (exact) mass is 421 g/mol. The molecule has 0 bridgehead atoms. The van der Waals surface area contributed by atoms with Gasteiger partial charge < -0.3 is 15.3 Å². The molecule has 0 spiro atoms. The molecule has 160 valence electrons. The van der Waals surface area contributed by atoms with Crippen molar-refractivity contribution < 1.29 is 0 Å². The normalized spacial score (nSPS) is 12.5. The van der Waals surface area contributed by atoms with Gasteiger partial charge in [0, 0.05) is 35.8 Å². The highest BCUT2D eigenvalue weighted by Gasteiger charge is 2.26. The van der Waals surface area contributed by atoms with Crippen LogP contribution in [0.1, 0.15) is 40.4 Å². The first kappa shape index (κ1) is 20.3. The minimum atomic E-state index is -0.0818. The van der Waals surface area contributed by atoms with Crippen molar-refractivity contribution in [1.82, 2.24) is 9.55 Å². The zero-order chi connectivity index (χ0) is 22.4. The Morgan fingerprint density at radius 1 is 1.19 bits per heavy atom. The van der Waals surface area contributed by atoms with E-state index in [1.165, 1.54) is 22.3 Å². The molecule has 0 aliphatic heterocycles. The number of aryl methyl sites for hydroxylation is 1. The van der Waals surface area contributed by atoms with Crippen molar-refractivity contribution in [2.24, 2.45) is 5.73 Å². The molecule has 5 rings (SSSR count). The van der Waals surface area contributed by atoms with Crippen LogP contribution in [0, 0.1) is 6.92 Å². The average Bonchev–Trinajstić information content (AvgIpc) is 3.39. The average molecular weight is 422 g/mol. The van der Waals surface area contributed by atoms with E-state index in [0.29, 0.717) is 18.7 Å². The lowest BCUT2D eigenvalue weighted by molar-refractivity contribution is 0.822. The van der Waals surface area contributed by atoms with Crippen LogP contribution < -0.4 is 11.3 Å². The lowest BCUT2D eigenvalue weighted by Crippen LogP contribution is -2.09. The molecule has 0 radical (unpaired) electrons. The Labute approximate surface area is 187 Å². The molecule has 32 heavy (non-hydrogen) atoms. The van der Waals surface area contributed by atoms with Gasteiger partial charge in [-0.15, -0.1) is 0 Å². The summed E-state index contributed by atoms with van der Waals surface area (Å²) >= 11 is 0. The molecule has 4 heteroatoms. The van der Waals surface area contributed by atoms with E-state index >= 15 is 0 Å². The number of hydrogen-bond donors (Lipinski definition) is 2. The first-order chi connectivity index (χ1) is 15.5. The van der Waals surface area contributed by atoms with E-state index in [0.717, 1.165) is 39.7 Å². The van der Waals surface area contributed by atoms with E-state index in [2.05, 4.69) is 65.5 Å². The number of aromatic amines is 1. The van der Waals surface area contributed by atoms with Crippen LogP contribution >= 0.6 is 0 Å². The Balaban J connectivity index is 1.86. The van der Waals surface area contributed by atoms with E-state index in [9.17, 15) is 4.79 Å². The summed E-state index contributed by atoms with van der Waals surface area (Å²) in [5.41, 5.74) is 16.6. The van der Waals surface area contributed by atoms with Crippen molar-refractivity contribution in [3.63, 3.8) is 0 Å². The number of nitrogens with zero attached hydrogens (tertiary/aromatic N) is 1. The summed E-state index contributed by atoms with van der Waals surface area (Å²) in [5, 5.41) is 1.16. The molecule has 1 aliphatic carbocycles. The second-order valence-corrected chi connectivity index (χ2v) is 8.61. The summed E-state index contributed by atoms with van der Waals surface area (Å²) in [4.78, 5) is 15.8. The van der Waals surface area contributed by atoms with Gasteiger partial charge >= 0.3 is 0 Å². The van der Waals surface area contributed by atoms with Gasteiger partial charge in [0.2, 0.25) is 0 Å². The van der Waals surface area contributed by atoms with Crippen molar-refractivity contribution in [1.29, 1.82) is 0 Å². The number of benzene rings is 2. The maximum Gasteiger partial charge on any atom is 0.255 e. The maximum atomic E-state index is 12.9. The minimum absolute atomic E-state index is 0.0818. The molecule has 0 saturated heterocycles. The molecule has 2 heterocycles. The number of fused-ring (bicyclic) bond motifs is 3. The number of hydrogen-bond acceptors (Lipinski definition) is 2. The molecule has 2 aromatic carbocycles. The second-order valence-electron chi connectivity index (χ2n) is 8.61. The zero-order valence-electron chi connectivity index (χ0n) is 18.5. The molecular weight excluding hydrogens is 394 g/mol. The van der Waals surface area contributed by atoms with Gasteiger partial charge in [0.05, 0.1) is 11.2 Å². The Kier molecular flexibility index (Phi) is 4.95. The van der Waals surface area contributed by atoms with Gasteiger partial charge in [-0.2, -0.15) is 0 Å². The largest absolute Gasteiger partial charge is 0.336 e. The summed E-state index contributed by atoms with van der Waals surface area (Å²) in [6.07, 6.45) is 6.96. The highest BCUT2D eigenvalue weighted by molar-refractivity contribution is 6.06. The van der Waals surface area contributed by atoms with Crippen LogP contribution in [-0.4, -0.2) is 9.55 Å². The van der Waals surface area contributed by atoms with Gasteiger partial charge in [0.25, 0.3) is 5.56 Å². The molecule has 0 saturated carbocycles. The quantitative estimate of drug-likeness (QED) is 0.452. The van der Waals surface area contributed by atoms with Crippen molar-refractivity contribution in [2.45, 2.75) is 33.4 Å². The Morgan fingerprint density at radius 3 is 2.62 bits per heavy atom. The Hall–Kier alpha value is -3.63. The fourth-order valence-corrected chi connectivity index (χ4v) is 4.94. The summed E-state index contributed by atoms with van der Waals surface area (Å²) < 4.78 is 2.32. The van der Waals surface area contributed by atoms with Crippen molar-refractivity contribution in [2.75, 3.05) is 0 Å². The standard InChI is InChI=1S/C28H27N3O/c1-17(2)27-26(23-8-5-13-30-28(23)32)25-22-7-4-6-21(22)18(3)14-24(25)31(27)16-20-11-9-19(15-29)10-12-20/h4-6,8-14H,1,7,15-16,29H2,2-3H3,(H,30,32). The lowest BCUT2D eigenvalue weighted by atomic mass is 9.93. The van der Waals surface area contributed by atoms with E-state index in [-0.39, 0.29) is 5.56 Å². The first-order valence-electron chi connectivity index (χ1n) is 11.0. The lowest BCUT2D eigenvalue weighted by Gasteiger charge is -2.13. The smallest absolute Gasteiger partial charge is 0.255 e. The minimum Gasteiger partial charge on any atom is -0.336 e. The number of H-pyrrole nitrogens is 1. The molecule has 4 nitrogen and oxygen atoms in total. The first-order valence-corrected chi connectivity index (χ1v) is 11.0. The van der Waals surface area contributed by atoms with Crippen molar-refractivity contribution in [3.05, 3.63) is 105 Å². The van der Waals surface area contributed by atoms with Crippen molar-refractivity contribution >= 4 is 22.6 Å². The Morgan fingerprint density at radius 2 is 1.94 bits per heavy atom. The summed E-state index contributed by atoms with van der Waals surface area (Å²) in [7, 11) is 0. The molecule has 4 aromatic rings. The number of nitrogens with two attached hydrogens (primary N) is 1. The predicted molar refractivity (Wildman–Crippen MR) is 134 cm³/mol. The molecule has 1 aliphatic rings. The number of rotatable bonds is 5. The molecule has 0 atom stereocenters. The number of nitrogens with one attached hydrogen (secondary N) is 1. The Bertz CT molecular complexity index is 1450. The van der Waals surface area contributed by atoms with Gasteiger partial charge in [-0.25, -0.2) is 0 Å². The van der Waals surface area contributed by atoms with E-state index in [1.54, 1.807) is 6.20 Å². The predicted octanol–water partition coefficient (Wildman–Crippen LogP) is 5.41. The highest BCUT2D eigenvalue weighted by atomic mass is 16.1. The van der Waals surface area contributed by atoms with Gasteiger partial charge in [-0.3, -0.25) is 4.79 Å². The summed E-state index contributed by atoms with van der Waals surface area (Å²) in [6, 6.07) is 14.5. The maximum absolute atomic E-state index is 12.9. The molecule has 0 unspecified atom stereocenters. The zero-order valence-corrected chi connectivity index (χ0v) is 18.5. The van der Waals surface area contributed by atoms with E-state index in [1.807, 2.05) is 19.1 Å². The second kappa shape index (κ2) is 7.81. The van der Waals surface area contributed by atoms with Crippen LogP contribution in [0.15, 0.2) is 66.1 Å². The molecular formula is C28H27N3O. The number of allylic oxidation sites excluding steroid dienone is 2. The fraction of sp³-hybridized carbons (Fsp3) is 0.179. The van der Waals surface area contributed by atoms with E-state index < -0.39 is 0 Å². The summed E-state index contributed by atoms with van der Waals surface area (Å²) in [6.45, 7) is 9.73. The highest BCUT2D eigenvalue weighted by Crippen LogP contribution is 2.43. The van der Waals surface area contributed by atoms with Crippen LogP contribution in [0.4, 0.5) is 0 Å². The topological polar surface area (TPSA) is 63.8 Å². The molecule has 3 N–H and O–H groups in total. The van der Waals surface area contributed by atoms with Gasteiger partial charge in [0.15, 0.2) is 0 Å². The third-order valence-corrected chi connectivity index (χ3v) is 6.41. The van der Waals surface area contributed by atoms with Gasteiger partial charge in [0.1, 0.15) is 0 Å². The number of pyridine rings is 1. The van der Waals surface area contributed by atoms with Crippen LogP contribution in [0.2, 0.25) is 0 Å². The van der Waals surface area contributed by atoms with Gasteiger partial charge in [-0.1, -0.05) is 43.0 Å². The summed E-state index contributed by atoms with van der Waals surface area (Å²) in [5.74, 6) is 0. The fourth-order valence-electron chi connectivity index (χ4n) is 4.94. The van der Waals surface area contributed by atoms with Crippen molar-refractivity contribution in [3.8, 4) is 11.1 Å².